The molecule has 0 atom stereocenters. The maximum absolute atomic E-state index is 3.73. The van der Waals surface area contributed by atoms with E-state index in [0.29, 0.717) is 0 Å². The molecule has 0 aliphatic heterocycles. The molecule has 0 bridgehead atoms. The number of rotatable bonds is 2. The van der Waals surface area contributed by atoms with Crippen molar-refractivity contribution in [3.8, 4) is 0 Å². The Morgan fingerprint density at radius 1 is 1.43 bits per heavy atom. The van der Waals surface area contributed by atoms with Gasteiger partial charge in [-0.05, 0) is 5.92 Å². The van der Waals surface area contributed by atoms with Gasteiger partial charge in [0.2, 0.25) is 0 Å². The fourth-order valence-electron chi connectivity index (χ4n) is 0.408. The van der Waals surface area contributed by atoms with Gasteiger partial charge >= 0.3 is 51.4 Å². The van der Waals surface area contributed by atoms with E-state index in [4.69, 9.17) is 0 Å². The molecule has 0 spiro atoms. The Bertz CT molecular complexity index is 25.4. The summed E-state index contributed by atoms with van der Waals surface area (Å²) in [5.74, 6) is 0.836. The summed E-state index contributed by atoms with van der Waals surface area (Å²) >= 11 is 0. The minimum atomic E-state index is 0. The van der Waals surface area contributed by atoms with Crippen LogP contribution in [0.3, 0.4) is 0 Å². The predicted molar refractivity (Wildman–Crippen MR) is 29.4 cm³/mol. The molecule has 0 nitrogen and oxygen atoms in total. The largest absolute Gasteiger partial charge is 1.00 e. The predicted octanol–water partition coefficient (Wildman–Crippen LogP) is -0.739. The third-order valence-electron chi connectivity index (χ3n) is 0.781. The van der Waals surface area contributed by atoms with Gasteiger partial charge in [0.25, 0.3) is 0 Å². The van der Waals surface area contributed by atoms with Gasteiger partial charge in [-0.15, -0.1) is 0 Å². The third kappa shape index (κ3) is 11.3. The normalized spacial score (nSPS) is 8.57. The molecule has 7 heavy (non-hydrogen) atoms. The summed E-state index contributed by atoms with van der Waals surface area (Å²) < 4.78 is 0. The average molecular weight is 124 g/mol. The summed E-state index contributed by atoms with van der Waals surface area (Å²) in [6.45, 7) is 8.15. The van der Waals surface area contributed by atoms with Crippen LogP contribution in [-0.4, -0.2) is 0 Å². The molecule has 0 saturated heterocycles. The molecule has 0 unspecified atom stereocenters. The molecule has 0 N–H and O–H groups in total. The molecule has 38 valence electrons. The summed E-state index contributed by atoms with van der Waals surface area (Å²) in [4.78, 5) is 0. The van der Waals surface area contributed by atoms with Crippen molar-refractivity contribution in [1.29, 1.82) is 0 Å². The summed E-state index contributed by atoms with van der Waals surface area (Å²) in [6.07, 6.45) is 2.34. The van der Waals surface area contributed by atoms with Crippen molar-refractivity contribution in [2.75, 3.05) is 0 Å². The van der Waals surface area contributed by atoms with Crippen LogP contribution in [-0.2, 0) is 0 Å². The molecule has 0 amide bonds. The van der Waals surface area contributed by atoms with Gasteiger partial charge in [0.05, 0.1) is 0 Å². The molecular weight excluding hydrogens is 111 g/mol. The second-order valence-electron chi connectivity index (χ2n) is 2.04. The van der Waals surface area contributed by atoms with Crippen LogP contribution in [0.1, 0.15) is 26.7 Å². The number of hydrogen-bond acceptors (Lipinski definition) is 0. The quantitative estimate of drug-likeness (QED) is 0.336. The van der Waals surface area contributed by atoms with E-state index in [-0.39, 0.29) is 51.4 Å². The molecule has 0 rings (SSSR count). The molecule has 1 heteroatoms. The monoisotopic (exact) mass is 124 g/mol. The van der Waals surface area contributed by atoms with Crippen molar-refractivity contribution in [3.05, 3.63) is 6.92 Å². The smallest absolute Gasteiger partial charge is 0.343 e. The van der Waals surface area contributed by atoms with Crippen LogP contribution >= 0.6 is 0 Å². The summed E-state index contributed by atoms with van der Waals surface area (Å²) in [6, 6.07) is 0. The van der Waals surface area contributed by atoms with Crippen molar-refractivity contribution in [1.82, 2.24) is 0 Å². The van der Waals surface area contributed by atoms with Crippen LogP contribution in [0, 0.1) is 12.8 Å². The van der Waals surface area contributed by atoms with Crippen LogP contribution in [0.2, 0.25) is 0 Å². The first kappa shape index (κ1) is 11.4. The number of hydrogen-bond donors (Lipinski definition) is 0. The Hall–Kier alpha value is 1.64. The van der Waals surface area contributed by atoms with Crippen LogP contribution in [0.4, 0.5) is 0 Å². The maximum Gasteiger partial charge on any atom is 1.00 e. The molecule has 0 aliphatic rings. The van der Waals surface area contributed by atoms with Gasteiger partial charge in [0.15, 0.2) is 0 Å². The Morgan fingerprint density at radius 2 is 1.86 bits per heavy atom. The molecule has 0 aromatic carbocycles. The van der Waals surface area contributed by atoms with E-state index in [0.717, 1.165) is 12.3 Å². The van der Waals surface area contributed by atoms with Gasteiger partial charge in [-0.3, -0.25) is 0 Å². The van der Waals surface area contributed by atoms with Crippen LogP contribution in [0.15, 0.2) is 0 Å². The van der Waals surface area contributed by atoms with Gasteiger partial charge in [0.1, 0.15) is 0 Å². The Morgan fingerprint density at radius 3 is 1.86 bits per heavy atom. The van der Waals surface area contributed by atoms with E-state index >= 15 is 0 Å². The van der Waals surface area contributed by atoms with Crippen LogP contribution in [0.25, 0.3) is 0 Å². The SMILES string of the molecule is [CH2-]CCC(C)C.[K+]. The van der Waals surface area contributed by atoms with Gasteiger partial charge in [-0.1, -0.05) is 20.3 Å². The van der Waals surface area contributed by atoms with E-state index in [1.54, 1.807) is 0 Å². The first-order chi connectivity index (χ1) is 2.77. The van der Waals surface area contributed by atoms with E-state index in [1.807, 2.05) is 0 Å². The molecule has 0 aromatic rings. The first-order valence-corrected chi connectivity index (χ1v) is 2.56. The Kier molecular flexibility index (Phi) is 12.5. The van der Waals surface area contributed by atoms with Crippen molar-refractivity contribution < 1.29 is 51.4 Å². The molecule has 0 radical (unpaired) electrons. The molecule has 0 fully saturated rings. The van der Waals surface area contributed by atoms with E-state index in [2.05, 4.69) is 20.8 Å². The first-order valence-electron chi connectivity index (χ1n) is 2.56. The molecule has 0 aliphatic carbocycles. The molecule has 0 saturated carbocycles. The minimum absolute atomic E-state index is 0. The topological polar surface area (TPSA) is 0 Å². The second kappa shape index (κ2) is 7.64. The van der Waals surface area contributed by atoms with Crippen LogP contribution < -0.4 is 51.4 Å². The molecule has 0 aromatic heterocycles. The van der Waals surface area contributed by atoms with E-state index < -0.39 is 0 Å². The third-order valence-corrected chi connectivity index (χ3v) is 0.781. The average Bonchev–Trinajstić information content (AvgIpc) is 1.35. The van der Waals surface area contributed by atoms with Gasteiger partial charge < -0.3 is 6.92 Å². The zero-order valence-corrected chi connectivity index (χ0v) is 8.82. The summed E-state index contributed by atoms with van der Waals surface area (Å²) in [5, 5.41) is 0. The zero-order valence-electron chi connectivity index (χ0n) is 5.70. The Labute approximate surface area is 89.5 Å². The van der Waals surface area contributed by atoms with E-state index in [9.17, 15) is 0 Å². The fraction of sp³-hybridized carbons (Fsp3) is 0.833. The maximum atomic E-state index is 3.73. The fourth-order valence-corrected chi connectivity index (χ4v) is 0.408. The second-order valence-corrected chi connectivity index (χ2v) is 2.04. The minimum Gasteiger partial charge on any atom is -0.343 e. The zero-order chi connectivity index (χ0) is 4.99. The summed E-state index contributed by atoms with van der Waals surface area (Å²) in [7, 11) is 0. The van der Waals surface area contributed by atoms with Crippen molar-refractivity contribution in [2.24, 2.45) is 5.92 Å². The van der Waals surface area contributed by atoms with Crippen LogP contribution in [0.5, 0.6) is 0 Å². The molecule has 0 heterocycles. The van der Waals surface area contributed by atoms with Gasteiger partial charge in [-0.25, -0.2) is 0 Å². The van der Waals surface area contributed by atoms with Crippen molar-refractivity contribution >= 4 is 0 Å². The van der Waals surface area contributed by atoms with Crippen molar-refractivity contribution in [3.63, 3.8) is 0 Å². The Balaban J connectivity index is 0. The molecular formula is C6H13K. The van der Waals surface area contributed by atoms with E-state index in [1.165, 1.54) is 6.42 Å². The van der Waals surface area contributed by atoms with Gasteiger partial charge in [-0.2, -0.15) is 6.42 Å². The standard InChI is InChI=1S/C6H13.K/c1-4-5-6(2)3;/h6H,1,4-5H2,2-3H3;/q-1;+1. The summed E-state index contributed by atoms with van der Waals surface area (Å²) in [5.41, 5.74) is 0. The van der Waals surface area contributed by atoms with Crippen molar-refractivity contribution in [2.45, 2.75) is 26.7 Å². The van der Waals surface area contributed by atoms with Gasteiger partial charge in [0, 0.05) is 0 Å².